The zero-order chi connectivity index (χ0) is 14.1. The van der Waals surface area contributed by atoms with Crippen molar-refractivity contribution in [2.24, 2.45) is 0 Å². The van der Waals surface area contributed by atoms with Gasteiger partial charge in [-0.3, -0.25) is 5.10 Å². The summed E-state index contributed by atoms with van der Waals surface area (Å²) in [5, 5.41) is 15.9. The Labute approximate surface area is 119 Å². The van der Waals surface area contributed by atoms with Crippen molar-refractivity contribution in [3.63, 3.8) is 0 Å². The van der Waals surface area contributed by atoms with Gasteiger partial charge in [-0.25, -0.2) is 4.98 Å². The van der Waals surface area contributed by atoms with Crippen molar-refractivity contribution >= 4 is 33.3 Å². The van der Waals surface area contributed by atoms with Crippen LogP contribution in [0, 0.1) is 0 Å². The summed E-state index contributed by atoms with van der Waals surface area (Å²) in [6, 6.07) is 3.86. The molecule has 3 aromatic rings. The van der Waals surface area contributed by atoms with E-state index in [0.717, 1.165) is 26.6 Å². The Hall–Kier alpha value is -2.19. The lowest BCUT2D eigenvalue weighted by Crippen LogP contribution is -2.22. The highest BCUT2D eigenvalue weighted by Gasteiger charge is 2.15. The maximum Gasteiger partial charge on any atom is 0.222 e. The number of anilines is 2. The van der Waals surface area contributed by atoms with E-state index in [1.54, 1.807) is 17.5 Å². The highest BCUT2D eigenvalue weighted by atomic mass is 32.1. The quantitative estimate of drug-likeness (QED) is 0.664. The topological polar surface area (TPSA) is 104 Å². The van der Waals surface area contributed by atoms with Crippen molar-refractivity contribution in [2.75, 3.05) is 30.8 Å². The van der Waals surface area contributed by atoms with Crippen LogP contribution in [0.4, 0.5) is 11.8 Å². The molecule has 4 N–H and O–H groups in total. The third-order valence-electron chi connectivity index (χ3n) is 2.93. The van der Waals surface area contributed by atoms with E-state index in [1.165, 1.54) is 0 Å². The normalized spacial score (nSPS) is 11.1. The molecule has 0 saturated carbocycles. The molecule has 0 aliphatic carbocycles. The molecule has 3 aromatic heterocycles. The zero-order valence-corrected chi connectivity index (χ0v) is 11.7. The molecule has 104 valence electrons. The number of H-pyrrole nitrogens is 1. The van der Waals surface area contributed by atoms with E-state index in [2.05, 4.69) is 20.2 Å². The molecule has 0 fully saturated rings. The molecule has 0 amide bonds. The summed E-state index contributed by atoms with van der Waals surface area (Å²) in [6.45, 7) is 0.545. The van der Waals surface area contributed by atoms with E-state index in [0.29, 0.717) is 6.54 Å². The largest absolute Gasteiger partial charge is 0.395 e. The molecule has 0 aliphatic rings. The van der Waals surface area contributed by atoms with Gasteiger partial charge in [-0.05, 0) is 12.1 Å². The molecule has 0 atom stereocenters. The van der Waals surface area contributed by atoms with E-state index < -0.39 is 0 Å². The van der Waals surface area contributed by atoms with Crippen molar-refractivity contribution in [2.45, 2.75) is 0 Å². The predicted octanol–water partition coefficient (Wildman–Crippen LogP) is 1.09. The Morgan fingerprint density at radius 3 is 3.00 bits per heavy atom. The van der Waals surface area contributed by atoms with E-state index in [1.807, 2.05) is 24.1 Å². The fourth-order valence-electron chi connectivity index (χ4n) is 1.97. The fraction of sp³-hybridized carbons (Fsp3) is 0.250. The minimum Gasteiger partial charge on any atom is -0.395 e. The number of hydrogen-bond acceptors (Lipinski definition) is 7. The average molecular weight is 290 g/mol. The van der Waals surface area contributed by atoms with Gasteiger partial charge >= 0.3 is 0 Å². The van der Waals surface area contributed by atoms with Gasteiger partial charge in [-0.2, -0.15) is 10.1 Å². The van der Waals surface area contributed by atoms with Crippen molar-refractivity contribution < 1.29 is 5.11 Å². The number of nitrogens with two attached hydrogens (primary N) is 1. The summed E-state index contributed by atoms with van der Waals surface area (Å²) in [5.74, 6) is 0.962. The van der Waals surface area contributed by atoms with Crippen LogP contribution in [0.15, 0.2) is 18.3 Å². The monoisotopic (exact) mass is 290 g/mol. The number of fused-ring (bicyclic) bond motifs is 1. The van der Waals surface area contributed by atoms with Gasteiger partial charge in [0.05, 0.1) is 27.4 Å². The fourth-order valence-corrected chi connectivity index (χ4v) is 3.09. The standard InChI is InChI=1S/C12H14N6OS/c1-18(4-5-19)11-10-8(15-12(13)16-11)6-9(20-10)7-2-3-14-17-7/h2-3,6,19H,4-5H2,1H3,(H,14,17)(H2,13,15,16). The second kappa shape index (κ2) is 5.06. The average Bonchev–Trinajstić information content (AvgIpc) is 3.06. The SMILES string of the molecule is CN(CCO)c1nc(N)nc2cc(-c3ccn[nH]3)sc12. The zero-order valence-electron chi connectivity index (χ0n) is 10.9. The van der Waals surface area contributed by atoms with Crippen LogP contribution >= 0.6 is 11.3 Å². The number of aliphatic hydroxyl groups is 1. The van der Waals surface area contributed by atoms with Gasteiger partial charge in [0.15, 0.2) is 5.82 Å². The predicted molar refractivity (Wildman–Crippen MR) is 79.8 cm³/mol. The van der Waals surface area contributed by atoms with Crippen molar-refractivity contribution in [1.29, 1.82) is 0 Å². The van der Waals surface area contributed by atoms with Crippen LogP contribution < -0.4 is 10.6 Å². The number of likely N-dealkylation sites (N-methyl/N-ethyl adjacent to an activating group) is 1. The minimum absolute atomic E-state index is 0.0562. The maximum atomic E-state index is 9.07. The molecule has 0 spiro atoms. The van der Waals surface area contributed by atoms with Crippen LogP contribution in [-0.2, 0) is 0 Å². The van der Waals surface area contributed by atoms with Gasteiger partial charge < -0.3 is 15.7 Å². The molecule has 3 heterocycles. The molecule has 0 aromatic carbocycles. The van der Waals surface area contributed by atoms with Gasteiger partial charge in [-0.1, -0.05) is 0 Å². The molecule has 0 unspecified atom stereocenters. The molecule has 7 nitrogen and oxygen atoms in total. The summed E-state index contributed by atoms with van der Waals surface area (Å²) in [5.41, 5.74) is 7.49. The summed E-state index contributed by atoms with van der Waals surface area (Å²) >= 11 is 1.57. The molecule has 0 saturated heterocycles. The first-order valence-corrected chi connectivity index (χ1v) is 6.89. The number of nitrogens with one attached hydrogen (secondary N) is 1. The Balaban J connectivity index is 2.15. The van der Waals surface area contributed by atoms with Crippen molar-refractivity contribution in [3.05, 3.63) is 18.3 Å². The van der Waals surface area contributed by atoms with E-state index >= 15 is 0 Å². The summed E-state index contributed by atoms with van der Waals surface area (Å²) in [6.07, 6.45) is 1.71. The number of nitrogens with zero attached hydrogens (tertiary/aromatic N) is 4. The van der Waals surface area contributed by atoms with E-state index in [-0.39, 0.29) is 12.6 Å². The van der Waals surface area contributed by atoms with Crippen molar-refractivity contribution in [1.82, 2.24) is 20.2 Å². The van der Waals surface area contributed by atoms with Crippen LogP contribution in [-0.4, -0.2) is 45.5 Å². The first kappa shape index (κ1) is 12.8. The second-order valence-corrected chi connectivity index (χ2v) is 5.40. The summed E-state index contributed by atoms with van der Waals surface area (Å²) in [4.78, 5) is 11.4. The highest BCUT2D eigenvalue weighted by Crippen LogP contribution is 2.36. The van der Waals surface area contributed by atoms with Crippen molar-refractivity contribution in [3.8, 4) is 10.6 Å². The number of aliphatic hydroxyl groups excluding tert-OH is 1. The molecular weight excluding hydrogens is 276 g/mol. The molecule has 0 bridgehead atoms. The van der Waals surface area contributed by atoms with Gasteiger partial charge in [0.2, 0.25) is 5.95 Å². The molecular formula is C12H14N6OS. The highest BCUT2D eigenvalue weighted by molar-refractivity contribution is 7.22. The lowest BCUT2D eigenvalue weighted by atomic mass is 10.3. The second-order valence-electron chi connectivity index (χ2n) is 4.35. The molecule has 3 rings (SSSR count). The van der Waals surface area contributed by atoms with Gasteiger partial charge in [0, 0.05) is 19.8 Å². The van der Waals surface area contributed by atoms with Crippen LogP contribution in [0.25, 0.3) is 20.8 Å². The third-order valence-corrected chi connectivity index (χ3v) is 4.09. The number of thiophene rings is 1. The van der Waals surface area contributed by atoms with Crippen LogP contribution in [0.5, 0.6) is 0 Å². The Kier molecular flexibility index (Phi) is 3.25. The maximum absolute atomic E-state index is 9.07. The number of hydrogen-bond donors (Lipinski definition) is 3. The van der Waals surface area contributed by atoms with Gasteiger partial charge in [-0.15, -0.1) is 11.3 Å². The smallest absolute Gasteiger partial charge is 0.222 e. The molecule has 0 aliphatic heterocycles. The molecule has 20 heavy (non-hydrogen) atoms. The summed E-state index contributed by atoms with van der Waals surface area (Å²) in [7, 11) is 1.87. The lowest BCUT2D eigenvalue weighted by molar-refractivity contribution is 0.304. The Morgan fingerprint density at radius 1 is 1.45 bits per heavy atom. The van der Waals surface area contributed by atoms with E-state index in [9.17, 15) is 0 Å². The van der Waals surface area contributed by atoms with Crippen LogP contribution in [0.2, 0.25) is 0 Å². The lowest BCUT2D eigenvalue weighted by Gasteiger charge is -2.17. The Morgan fingerprint density at radius 2 is 2.30 bits per heavy atom. The van der Waals surface area contributed by atoms with Crippen LogP contribution in [0.3, 0.4) is 0 Å². The number of nitrogen functional groups attached to an aromatic ring is 1. The number of aromatic nitrogens is 4. The first-order valence-electron chi connectivity index (χ1n) is 6.08. The van der Waals surface area contributed by atoms with E-state index in [4.69, 9.17) is 10.8 Å². The first-order chi connectivity index (χ1) is 9.69. The van der Waals surface area contributed by atoms with Crippen LogP contribution in [0.1, 0.15) is 0 Å². The third kappa shape index (κ3) is 2.19. The molecule has 0 radical (unpaired) electrons. The molecule has 8 heteroatoms. The summed E-state index contributed by atoms with van der Waals surface area (Å²) < 4.78 is 0.944. The number of rotatable bonds is 4. The number of aromatic amines is 1. The van der Waals surface area contributed by atoms with Gasteiger partial charge in [0.25, 0.3) is 0 Å². The minimum atomic E-state index is 0.0562. The Bertz CT molecular complexity index is 723. The van der Waals surface area contributed by atoms with Gasteiger partial charge in [0.1, 0.15) is 0 Å².